The van der Waals surface area contributed by atoms with E-state index in [1.807, 2.05) is 0 Å². The highest BCUT2D eigenvalue weighted by molar-refractivity contribution is 5.95. The average Bonchev–Trinajstić information content (AvgIpc) is 3.12. The van der Waals surface area contributed by atoms with Gasteiger partial charge in [-0.25, -0.2) is 0 Å². The number of alkyl halides is 3. The smallest absolute Gasteiger partial charge is 0.361 e. The highest BCUT2D eigenvalue weighted by Crippen LogP contribution is 2.33. The number of piperidine rings is 1. The Balaban J connectivity index is 1.65. The first-order valence-electron chi connectivity index (χ1n) is 8.65. The summed E-state index contributed by atoms with van der Waals surface area (Å²) in [7, 11) is 2.07. The van der Waals surface area contributed by atoms with Crippen LogP contribution < -0.4 is 5.32 Å². The van der Waals surface area contributed by atoms with Crippen molar-refractivity contribution in [2.24, 2.45) is 0 Å². The van der Waals surface area contributed by atoms with Crippen molar-refractivity contribution in [1.29, 1.82) is 0 Å². The molecule has 142 valence electrons. The summed E-state index contributed by atoms with van der Waals surface area (Å²) >= 11 is 0. The SMILES string of the molecule is CN1CCC[C@@H](Nc2nnc(-c3ccc(C(F)(F)F)cc3)c3cnoc23)C1. The fourth-order valence-corrected chi connectivity index (χ4v) is 3.38. The number of aromatic nitrogens is 3. The van der Waals surface area contributed by atoms with E-state index in [4.69, 9.17) is 4.52 Å². The van der Waals surface area contributed by atoms with Gasteiger partial charge in [0.15, 0.2) is 5.82 Å². The van der Waals surface area contributed by atoms with Crippen molar-refractivity contribution in [2.45, 2.75) is 25.1 Å². The fourth-order valence-electron chi connectivity index (χ4n) is 3.38. The topological polar surface area (TPSA) is 67.1 Å². The van der Waals surface area contributed by atoms with Crippen LogP contribution >= 0.6 is 0 Å². The predicted molar refractivity (Wildman–Crippen MR) is 94.2 cm³/mol. The molecule has 6 nitrogen and oxygen atoms in total. The van der Waals surface area contributed by atoms with Gasteiger partial charge in [-0.05, 0) is 38.6 Å². The Bertz CT molecular complexity index is 938. The second-order valence-corrected chi connectivity index (χ2v) is 6.79. The number of likely N-dealkylation sites (tertiary alicyclic amines) is 1. The molecule has 27 heavy (non-hydrogen) atoms. The summed E-state index contributed by atoms with van der Waals surface area (Å²) in [5.74, 6) is 0.499. The Morgan fingerprint density at radius 3 is 2.67 bits per heavy atom. The average molecular weight is 377 g/mol. The maximum Gasteiger partial charge on any atom is 0.416 e. The lowest BCUT2D eigenvalue weighted by Crippen LogP contribution is -2.40. The molecule has 2 aromatic heterocycles. The number of anilines is 1. The van der Waals surface area contributed by atoms with Gasteiger partial charge in [0.2, 0.25) is 5.58 Å². The molecule has 0 saturated carbocycles. The highest BCUT2D eigenvalue weighted by Gasteiger charge is 2.30. The third kappa shape index (κ3) is 3.59. The molecule has 9 heteroatoms. The van der Waals surface area contributed by atoms with Crippen LogP contribution in [0.5, 0.6) is 0 Å². The first kappa shape index (κ1) is 17.7. The van der Waals surface area contributed by atoms with E-state index in [-0.39, 0.29) is 6.04 Å². The van der Waals surface area contributed by atoms with E-state index >= 15 is 0 Å². The standard InChI is InChI=1S/C18H18F3N5O/c1-26-8-2-3-13(10-26)23-17-16-14(9-22-27-16)15(24-25-17)11-4-6-12(7-5-11)18(19,20)21/h4-7,9,13H,2-3,8,10H2,1H3,(H,23,25)/t13-/m1/s1. The van der Waals surface area contributed by atoms with Gasteiger partial charge in [0.05, 0.1) is 17.1 Å². The first-order valence-corrected chi connectivity index (χ1v) is 8.65. The normalized spacial score (nSPS) is 18.7. The zero-order chi connectivity index (χ0) is 19.0. The number of nitrogens with zero attached hydrogens (tertiary/aromatic N) is 4. The van der Waals surface area contributed by atoms with Crippen molar-refractivity contribution in [2.75, 3.05) is 25.5 Å². The van der Waals surface area contributed by atoms with Crippen LogP contribution in [0.25, 0.3) is 22.2 Å². The van der Waals surface area contributed by atoms with Gasteiger partial charge in [-0.15, -0.1) is 10.2 Å². The van der Waals surface area contributed by atoms with Gasteiger partial charge in [-0.2, -0.15) is 13.2 Å². The summed E-state index contributed by atoms with van der Waals surface area (Å²) in [6.07, 6.45) is -0.764. The Morgan fingerprint density at radius 2 is 1.96 bits per heavy atom. The number of nitrogens with one attached hydrogen (secondary N) is 1. The summed E-state index contributed by atoms with van der Waals surface area (Å²) in [4.78, 5) is 2.24. The van der Waals surface area contributed by atoms with Gasteiger partial charge in [0.25, 0.3) is 0 Å². The molecular formula is C18H18F3N5O. The molecule has 1 saturated heterocycles. The lowest BCUT2D eigenvalue weighted by Gasteiger charge is -2.30. The zero-order valence-corrected chi connectivity index (χ0v) is 14.6. The van der Waals surface area contributed by atoms with Crippen LogP contribution in [0.4, 0.5) is 19.0 Å². The van der Waals surface area contributed by atoms with Gasteiger partial charge < -0.3 is 14.7 Å². The molecule has 3 heterocycles. The fraction of sp³-hybridized carbons (Fsp3) is 0.389. The first-order chi connectivity index (χ1) is 12.9. The quantitative estimate of drug-likeness (QED) is 0.749. The van der Waals surface area contributed by atoms with Crippen LogP contribution in [0.15, 0.2) is 35.0 Å². The van der Waals surface area contributed by atoms with Crippen molar-refractivity contribution in [3.05, 3.63) is 36.0 Å². The van der Waals surface area contributed by atoms with E-state index in [2.05, 4.69) is 32.6 Å². The molecule has 3 aromatic rings. The second kappa shape index (κ2) is 6.80. The summed E-state index contributed by atoms with van der Waals surface area (Å²) in [5.41, 5.74) is 0.701. The summed E-state index contributed by atoms with van der Waals surface area (Å²) in [6.45, 7) is 1.95. The Hall–Kier alpha value is -2.68. The molecule has 0 aliphatic carbocycles. The predicted octanol–water partition coefficient (Wildman–Crippen LogP) is 3.81. The van der Waals surface area contributed by atoms with Gasteiger partial charge in [-0.1, -0.05) is 17.3 Å². The van der Waals surface area contributed by atoms with Gasteiger partial charge >= 0.3 is 6.18 Å². The van der Waals surface area contributed by atoms with Gasteiger partial charge in [-0.3, -0.25) is 0 Å². The molecular weight excluding hydrogens is 359 g/mol. The van der Waals surface area contributed by atoms with Crippen LogP contribution in [-0.4, -0.2) is 46.4 Å². The van der Waals surface area contributed by atoms with E-state index < -0.39 is 11.7 Å². The van der Waals surface area contributed by atoms with Crippen molar-refractivity contribution < 1.29 is 17.7 Å². The van der Waals surface area contributed by atoms with Crippen LogP contribution in [0.2, 0.25) is 0 Å². The summed E-state index contributed by atoms with van der Waals surface area (Å²) in [5, 5.41) is 16.2. The summed E-state index contributed by atoms with van der Waals surface area (Å²) in [6, 6.07) is 5.04. The number of halogens is 3. The maximum atomic E-state index is 12.8. The molecule has 1 aromatic carbocycles. The third-order valence-corrected chi connectivity index (χ3v) is 4.74. The van der Waals surface area contributed by atoms with Crippen molar-refractivity contribution in [3.63, 3.8) is 0 Å². The van der Waals surface area contributed by atoms with Crippen LogP contribution in [0, 0.1) is 0 Å². The molecule has 0 amide bonds. The number of benzene rings is 1. The third-order valence-electron chi connectivity index (χ3n) is 4.74. The molecule has 0 radical (unpaired) electrons. The van der Waals surface area contributed by atoms with Crippen LogP contribution in [-0.2, 0) is 6.18 Å². The molecule has 1 fully saturated rings. The lowest BCUT2D eigenvalue weighted by molar-refractivity contribution is -0.137. The molecule has 4 rings (SSSR count). The number of fused-ring (bicyclic) bond motifs is 1. The van der Waals surface area contributed by atoms with Crippen LogP contribution in [0.1, 0.15) is 18.4 Å². The number of hydrogen-bond donors (Lipinski definition) is 1. The molecule has 0 bridgehead atoms. The molecule has 1 aliphatic rings. The largest absolute Gasteiger partial charge is 0.416 e. The molecule has 1 N–H and O–H groups in total. The zero-order valence-electron chi connectivity index (χ0n) is 14.6. The Morgan fingerprint density at radius 1 is 1.19 bits per heavy atom. The molecule has 1 aliphatic heterocycles. The van der Waals surface area contributed by atoms with E-state index in [0.717, 1.165) is 38.1 Å². The molecule has 0 unspecified atom stereocenters. The minimum atomic E-state index is -4.38. The second-order valence-electron chi connectivity index (χ2n) is 6.79. The molecule has 0 spiro atoms. The van der Waals surface area contributed by atoms with E-state index in [1.54, 1.807) is 0 Å². The number of likely N-dealkylation sites (N-methyl/N-ethyl adjacent to an activating group) is 1. The molecule has 1 atom stereocenters. The van der Waals surface area contributed by atoms with Gasteiger partial charge in [0.1, 0.15) is 5.69 Å². The number of hydrogen-bond acceptors (Lipinski definition) is 6. The minimum absolute atomic E-state index is 0.225. The van der Waals surface area contributed by atoms with Crippen LogP contribution in [0.3, 0.4) is 0 Å². The summed E-state index contributed by atoms with van der Waals surface area (Å²) < 4.78 is 43.6. The highest BCUT2D eigenvalue weighted by atomic mass is 19.4. The Kier molecular flexibility index (Phi) is 4.47. The monoisotopic (exact) mass is 377 g/mol. The van der Waals surface area contributed by atoms with Gasteiger partial charge in [0, 0.05) is 18.2 Å². The lowest BCUT2D eigenvalue weighted by atomic mass is 10.1. The van der Waals surface area contributed by atoms with E-state index in [1.165, 1.54) is 18.3 Å². The number of rotatable bonds is 3. The van der Waals surface area contributed by atoms with E-state index in [9.17, 15) is 13.2 Å². The van der Waals surface area contributed by atoms with E-state index in [0.29, 0.717) is 28.0 Å². The van der Waals surface area contributed by atoms with Crippen molar-refractivity contribution in [3.8, 4) is 11.3 Å². The van der Waals surface area contributed by atoms with Crippen molar-refractivity contribution in [1.82, 2.24) is 20.3 Å². The minimum Gasteiger partial charge on any atom is -0.361 e. The van der Waals surface area contributed by atoms with Crippen molar-refractivity contribution >= 4 is 16.8 Å². The maximum absolute atomic E-state index is 12.8. The Labute approximate surface area is 153 Å².